The lowest BCUT2D eigenvalue weighted by molar-refractivity contribution is -0.400. The number of nitrogens with one attached hydrogen (secondary N) is 3. The first kappa shape index (κ1) is 66.9. The van der Waals surface area contributed by atoms with E-state index in [1.54, 1.807) is 0 Å². The van der Waals surface area contributed by atoms with E-state index in [1.165, 1.54) is 6.92 Å². The first-order valence-corrected chi connectivity index (χ1v) is 25.6. The number of rotatable bonds is 21. The molecule has 0 aromatic carbocycles. The molecule has 0 aliphatic carbocycles. The van der Waals surface area contributed by atoms with Gasteiger partial charge in [0.2, 0.25) is 17.7 Å². The minimum Gasteiger partial charge on any atom is -0.477 e. The number of hydrogen-bond donors (Lipinski definition) is 21. The van der Waals surface area contributed by atoms with E-state index in [9.17, 15) is 111 Å². The molecule has 36 nitrogen and oxygen atoms in total. The second-order valence-corrected chi connectivity index (χ2v) is 20.4. The van der Waals surface area contributed by atoms with Crippen LogP contribution in [0.5, 0.6) is 0 Å². The molecule has 21 N–H and O–H groups in total. The highest BCUT2D eigenvalue weighted by molar-refractivity contribution is 5.77. The molecule has 6 aliphatic heterocycles. The Morgan fingerprint density at radius 2 is 0.963 bits per heavy atom. The van der Waals surface area contributed by atoms with E-state index in [4.69, 9.17) is 52.1 Å². The van der Waals surface area contributed by atoms with Gasteiger partial charge in [-0.05, 0) is 6.92 Å². The van der Waals surface area contributed by atoms with Crippen LogP contribution in [0.1, 0.15) is 34.1 Å². The smallest absolute Gasteiger partial charge is 0.364 e. The minimum absolute atomic E-state index is 0.810. The van der Waals surface area contributed by atoms with Crippen LogP contribution >= 0.6 is 0 Å². The fraction of sp³-hybridized carbons (Fsp3) is 0.911. The van der Waals surface area contributed by atoms with Crippen molar-refractivity contribution in [1.82, 2.24) is 16.0 Å². The van der Waals surface area contributed by atoms with Crippen molar-refractivity contribution in [3.63, 3.8) is 0 Å². The van der Waals surface area contributed by atoms with Gasteiger partial charge in [0.1, 0.15) is 134 Å². The molecule has 81 heavy (non-hydrogen) atoms. The average molecular weight is 1190 g/mol. The molecule has 0 saturated carbocycles. The van der Waals surface area contributed by atoms with E-state index in [-0.39, 0.29) is 0 Å². The maximum Gasteiger partial charge on any atom is 0.364 e. The average Bonchev–Trinajstić information content (AvgIpc) is 3.44. The molecule has 0 spiro atoms. The summed E-state index contributed by atoms with van der Waals surface area (Å²) in [6, 6.07) is -5.39. The molecule has 31 atom stereocenters. The number of amides is 3. The zero-order chi connectivity index (χ0) is 60.3. The molecule has 36 heteroatoms. The van der Waals surface area contributed by atoms with Gasteiger partial charge in [0.05, 0.1) is 51.3 Å². The molecule has 0 radical (unpaired) electrons. The third kappa shape index (κ3) is 14.7. The predicted octanol–water partition coefficient (Wildman–Crippen LogP) is -13.4. The van der Waals surface area contributed by atoms with Gasteiger partial charge >= 0.3 is 5.97 Å². The number of ether oxygens (including phenoxy) is 11. The van der Waals surface area contributed by atoms with Gasteiger partial charge in [0, 0.05) is 27.2 Å². The van der Waals surface area contributed by atoms with Crippen LogP contribution in [0.4, 0.5) is 0 Å². The zero-order valence-corrected chi connectivity index (χ0v) is 43.7. The van der Waals surface area contributed by atoms with Crippen molar-refractivity contribution in [2.24, 2.45) is 0 Å². The van der Waals surface area contributed by atoms with Gasteiger partial charge in [-0.25, -0.2) is 4.79 Å². The largest absolute Gasteiger partial charge is 0.477 e. The van der Waals surface area contributed by atoms with Crippen LogP contribution in [0.15, 0.2) is 0 Å². The second-order valence-electron chi connectivity index (χ2n) is 20.4. The highest BCUT2D eigenvalue weighted by atomic mass is 16.8. The SMILES string of the molecule is CC(=O)N[C@H]1[C@@H](O[C@H]2[C@@H](O)[C@@H](CO)O[C@@H](O[C@H]3[C@@H](O)[C@@H](CO[C@]4(C(=O)O)C[C@H](O)[C@@H](NC(C)=O)[C@H]([C@H](O)[C@H](O)CO)O4)OC(O)[C@@H]3NC(C)=O)[C@@H]2O[C@@H]2O[C@@H](C)[C@@H](O)[C@@H](O)[C@@H]2O)O[C@H](CO)[C@H](O)[C@@H]1O[C@H]1O[C@H](CO)[C@H](O)[C@H](O)[C@H]1O. The Kier molecular flexibility index (Phi) is 23.4. The summed E-state index contributed by atoms with van der Waals surface area (Å²) in [5, 5.41) is 202. The summed E-state index contributed by atoms with van der Waals surface area (Å²) in [5.41, 5.74) is 0. The molecule has 6 heterocycles. The van der Waals surface area contributed by atoms with Crippen molar-refractivity contribution in [3.8, 4) is 0 Å². The molecule has 6 aliphatic rings. The molecule has 0 aromatic heterocycles. The number of carboxylic acid groups (broad SMARTS) is 1. The maximum absolute atomic E-state index is 13.0. The zero-order valence-electron chi connectivity index (χ0n) is 43.7. The van der Waals surface area contributed by atoms with Crippen molar-refractivity contribution >= 4 is 23.7 Å². The van der Waals surface area contributed by atoms with Gasteiger partial charge in [-0.15, -0.1) is 0 Å². The minimum atomic E-state index is -3.05. The van der Waals surface area contributed by atoms with Crippen LogP contribution in [-0.2, 0) is 71.3 Å². The fourth-order valence-corrected chi connectivity index (χ4v) is 10.2. The van der Waals surface area contributed by atoms with Crippen LogP contribution in [0.2, 0.25) is 0 Å². The van der Waals surface area contributed by atoms with Crippen molar-refractivity contribution in [2.75, 3.05) is 33.0 Å². The maximum atomic E-state index is 13.0. The standard InChI is InChI=1S/C45H75N3O33/c1-11-24(58)30(64)32(66)41(72-11)80-38-37(79-40-23(48-14(4)55)35(27(61)18(8-51)74-40)77-42-33(67)31(65)26(60)17(7-50)75-42)28(62)19(9-52)76-43(38)78-34-22(47-13(3)54)39(68)73-20(29(34)63)10-71-45(44(69)70)5-15(56)21(46-12(2)53)36(81-45)25(59)16(57)6-49/h11,15-43,49-52,56-68H,5-10H2,1-4H3,(H,46,53)(H,47,54)(H,48,55)(H,69,70)/t11-,15-,16+,17+,18+,19+,20+,21+,22+,23+,24+,25+,26-,27-,28-,29-,30+,31-,32-,33+,34+,35+,36+,37-,38+,39?,40+,41-,42+,43-,45+/m0/s1. The molecule has 0 bridgehead atoms. The highest BCUT2D eigenvalue weighted by Crippen LogP contribution is 2.39. The third-order valence-electron chi connectivity index (χ3n) is 14.6. The Labute approximate surface area is 459 Å². The topological polar surface area (TPSA) is 570 Å². The molecule has 6 saturated heterocycles. The molecule has 3 amide bonds. The van der Waals surface area contributed by atoms with Crippen LogP contribution < -0.4 is 16.0 Å². The Bertz CT molecular complexity index is 2070. The quantitative estimate of drug-likeness (QED) is 0.0507. The van der Waals surface area contributed by atoms with Gasteiger partial charge in [-0.2, -0.15) is 0 Å². The number of carbonyl (C=O) groups excluding carboxylic acids is 3. The number of hydrogen-bond acceptors (Lipinski definition) is 32. The second kappa shape index (κ2) is 28.3. The molecular weight excluding hydrogens is 1110 g/mol. The Morgan fingerprint density at radius 3 is 1.52 bits per heavy atom. The van der Waals surface area contributed by atoms with Crippen molar-refractivity contribution < 1.29 is 163 Å². The number of carbonyl (C=O) groups is 4. The molecule has 468 valence electrons. The van der Waals surface area contributed by atoms with E-state index in [0.29, 0.717) is 0 Å². The molecule has 1 unspecified atom stereocenters. The van der Waals surface area contributed by atoms with E-state index in [0.717, 1.165) is 20.8 Å². The van der Waals surface area contributed by atoms with Crippen molar-refractivity contribution in [1.29, 1.82) is 0 Å². The van der Waals surface area contributed by atoms with Gasteiger partial charge in [0.25, 0.3) is 5.79 Å². The Hall–Kier alpha value is -3.24. The third-order valence-corrected chi connectivity index (χ3v) is 14.6. The summed E-state index contributed by atoms with van der Waals surface area (Å²) < 4.78 is 64.4. The van der Waals surface area contributed by atoms with Gasteiger partial charge in [-0.1, -0.05) is 0 Å². The van der Waals surface area contributed by atoms with Crippen LogP contribution in [-0.4, -0.2) is 338 Å². The highest BCUT2D eigenvalue weighted by Gasteiger charge is 2.60. The lowest BCUT2D eigenvalue weighted by Crippen LogP contribution is -2.71. The molecule has 6 rings (SSSR count). The van der Waals surface area contributed by atoms with Crippen LogP contribution in [0, 0.1) is 0 Å². The monoisotopic (exact) mass is 1190 g/mol. The number of aliphatic hydroxyl groups excluding tert-OH is 17. The van der Waals surface area contributed by atoms with Crippen molar-refractivity contribution in [2.45, 2.75) is 224 Å². The molecule has 0 aromatic rings. The summed E-state index contributed by atoms with van der Waals surface area (Å²) in [6.07, 6.45) is -55.6. The van der Waals surface area contributed by atoms with E-state index in [1.807, 2.05) is 0 Å². The summed E-state index contributed by atoms with van der Waals surface area (Å²) >= 11 is 0. The Morgan fingerprint density at radius 1 is 0.519 bits per heavy atom. The summed E-state index contributed by atoms with van der Waals surface area (Å²) in [5.74, 6) is -7.69. The van der Waals surface area contributed by atoms with Crippen LogP contribution in [0.3, 0.4) is 0 Å². The lowest BCUT2D eigenvalue weighted by atomic mass is 9.88. The summed E-state index contributed by atoms with van der Waals surface area (Å²) in [4.78, 5) is 50.7. The number of aliphatic hydroxyl groups is 17. The normalized spacial score (nSPS) is 46.7. The molecule has 6 fully saturated rings. The van der Waals surface area contributed by atoms with E-state index < -0.39 is 253 Å². The summed E-state index contributed by atoms with van der Waals surface area (Å²) in [7, 11) is 0. The van der Waals surface area contributed by atoms with Crippen molar-refractivity contribution in [3.05, 3.63) is 0 Å². The van der Waals surface area contributed by atoms with Gasteiger partial charge in [0.15, 0.2) is 31.5 Å². The predicted molar refractivity (Wildman–Crippen MR) is 250 cm³/mol. The van der Waals surface area contributed by atoms with Crippen LogP contribution in [0.25, 0.3) is 0 Å². The van der Waals surface area contributed by atoms with E-state index >= 15 is 0 Å². The summed E-state index contributed by atoms with van der Waals surface area (Å²) in [6.45, 7) is -1.29. The fourth-order valence-electron chi connectivity index (χ4n) is 10.2. The first-order valence-electron chi connectivity index (χ1n) is 25.6. The van der Waals surface area contributed by atoms with Gasteiger partial charge < -0.3 is 160 Å². The first-order chi connectivity index (χ1) is 38.0. The number of carboxylic acids is 1. The number of aliphatic carboxylic acids is 1. The molecular formula is C45H75N3O33. The Balaban J connectivity index is 1.39. The van der Waals surface area contributed by atoms with E-state index in [2.05, 4.69) is 16.0 Å². The van der Waals surface area contributed by atoms with Gasteiger partial charge in [-0.3, -0.25) is 14.4 Å². The lowest BCUT2D eigenvalue weighted by Gasteiger charge is -2.52.